The molecular formula is C25H38N4O5. The summed E-state index contributed by atoms with van der Waals surface area (Å²) >= 11 is 0. The number of nitrogens with zero attached hydrogens (tertiary/aromatic N) is 3. The molecule has 1 N–H and O–H groups in total. The van der Waals surface area contributed by atoms with Crippen molar-refractivity contribution in [2.45, 2.75) is 38.8 Å². The smallest absolute Gasteiger partial charge is 0.257 e. The summed E-state index contributed by atoms with van der Waals surface area (Å²) in [5.41, 5.74) is 0.943. The third kappa shape index (κ3) is 6.48. The highest BCUT2D eigenvalue weighted by Gasteiger charge is 2.32. The van der Waals surface area contributed by atoms with Crippen LogP contribution in [0.5, 0.6) is 5.75 Å². The lowest BCUT2D eigenvalue weighted by molar-refractivity contribution is -0.136. The Hall–Kier alpha value is -2.65. The standard InChI is InChI=1S/C25H38N4O5/c1-16-12-29(23(30)14-27(3)4)17(2)15-34-21-10-9-19(26-24(31)18-7-8-18)11-20(21)25(32)28(5)13-22(16)33-6/h9-11,16-18,22H,7-8,12-15H2,1-6H3,(H,26,31)/t16-,17-,22+/m1/s1. The lowest BCUT2D eigenvalue weighted by Gasteiger charge is -2.36. The Labute approximate surface area is 202 Å². The van der Waals surface area contributed by atoms with Crippen LogP contribution in [0.2, 0.25) is 0 Å². The van der Waals surface area contributed by atoms with Crippen LogP contribution in [0.25, 0.3) is 0 Å². The molecule has 1 aromatic rings. The van der Waals surface area contributed by atoms with E-state index in [0.29, 0.717) is 36.6 Å². The second kappa shape index (κ2) is 11.2. The molecule has 1 aliphatic heterocycles. The summed E-state index contributed by atoms with van der Waals surface area (Å²) in [6.45, 7) is 5.37. The van der Waals surface area contributed by atoms with Gasteiger partial charge >= 0.3 is 0 Å². The molecule has 1 fully saturated rings. The number of rotatable bonds is 5. The number of nitrogens with one attached hydrogen (secondary N) is 1. The van der Waals surface area contributed by atoms with Gasteiger partial charge in [-0.3, -0.25) is 14.4 Å². The average Bonchev–Trinajstić information content (AvgIpc) is 3.63. The molecule has 2 aliphatic rings. The number of carbonyl (C=O) groups is 3. The van der Waals surface area contributed by atoms with Crippen molar-refractivity contribution in [1.82, 2.24) is 14.7 Å². The van der Waals surface area contributed by atoms with E-state index in [1.54, 1.807) is 37.3 Å². The first-order chi connectivity index (χ1) is 16.1. The normalized spacial score (nSPS) is 24.1. The van der Waals surface area contributed by atoms with Crippen molar-refractivity contribution >= 4 is 23.4 Å². The average molecular weight is 475 g/mol. The zero-order valence-corrected chi connectivity index (χ0v) is 21.2. The molecule has 0 unspecified atom stereocenters. The Bertz CT molecular complexity index is 901. The Morgan fingerprint density at radius 3 is 2.53 bits per heavy atom. The molecule has 0 aromatic heterocycles. The molecule has 0 bridgehead atoms. The third-order valence-electron chi connectivity index (χ3n) is 6.43. The molecule has 3 atom stereocenters. The van der Waals surface area contributed by atoms with E-state index in [4.69, 9.17) is 9.47 Å². The SMILES string of the molecule is CO[C@H]1CN(C)C(=O)c2cc(NC(=O)C3CC3)ccc2OC[C@@H](C)N(C(=O)CN(C)C)C[C@H]1C. The van der Waals surface area contributed by atoms with Gasteiger partial charge in [0, 0.05) is 44.8 Å². The molecule has 3 amide bonds. The number of anilines is 1. The van der Waals surface area contributed by atoms with E-state index in [9.17, 15) is 14.4 Å². The number of benzene rings is 1. The number of amides is 3. The maximum absolute atomic E-state index is 13.4. The van der Waals surface area contributed by atoms with Gasteiger partial charge in [-0.1, -0.05) is 6.92 Å². The molecule has 0 saturated heterocycles. The minimum absolute atomic E-state index is 0.00289. The van der Waals surface area contributed by atoms with Crippen LogP contribution in [0.1, 0.15) is 37.0 Å². The fraction of sp³-hybridized carbons (Fsp3) is 0.640. The van der Waals surface area contributed by atoms with Gasteiger partial charge in [0.25, 0.3) is 5.91 Å². The van der Waals surface area contributed by atoms with Gasteiger partial charge in [-0.25, -0.2) is 0 Å². The predicted octanol–water partition coefficient (Wildman–Crippen LogP) is 1.93. The predicted molar refractivity (Wildman–Crippen MR) is 130 cm³/mol. The first-order valence-corrected chi connectivity index (χ1v) is 11.9. The molecule has 3 rings (SSSR count). The number of likely N-dealkylation sites (N-methyl/N-ethyl adjacent to an activating group) is 2. The molecule has 1 heterocycles. The molecule has 34 heavy (non-hydrogen) atoms. The van der Waals surface area contributed by atoms with Gasteiger partial charge in [-0.2, -0.15) is 0 Å². The monoisotopic (exact) mass is 474 g/mol. The number of methoxy groups -OCH3 is 1. The highest BCUT2D eigenvalue weighted by Crippen LogP contribution is 2.31. The fourth-order valence-corrected chi connectivity index (χ4v) is 4.15. The van der Waals surface area contributed by atoms with Crippen LogP contribution in [0, 0.1) is 11.8 Å². The molecule has 188 valence electrons. The quantitative estimate of drug-likeness (QED) is 0.701. The molecule has 1 aromatic carbocycles. The van der Waals surface area contributed by atoms with E-state index in [1.165, 1.54) is 0 Å². The molecule has 0 radical (unpaired) electrons. The second-order valence-electron chi connectivity index (χ2n) is 9.86. The second-order valence-corrected chi connectivity index (χ2v) is 9.86. The van der Waals surface area contributed by atoms with Crippen LogP contribution in [0.4, 0.5) is 5.69 Å². The molecule has 9 nitrogen and oxygen atoms in total. The van der Waals surface area contributed by atoms with Gasteiger partial charge in [0.15, 0.2) is 0 Å². The topological polar surface area (TPSA) is 91.4 Å². The van der Waals surface area contributed by atoms with Crippen LogP contribution < -0.4 is 10.1 Å². The number of ether oxygens (including phenoxy) is 2. The Kier molecular flexibility index (Phi) is 8.54. The van der Waals surface area contributed by atoms with E-state index in [2.05, 4.69) is 5.32 Å². The Morgan fingerprint density at radius 1 is 1.21 bits per heavy atom. The highest BCUT2D eigenvalue weighted by atomic mass is 16.5. The largest absolute Gasteiger partial charge is 0.491 e. The van der Waals surface area contributed by atoms with Crippen molar-refractivity contribution in [3.05, 3.63) is 23.8 Å². The van der Waals surface area contributed by atoms with Gasteiger partial charge in [-0.15, -0.1) is 0 Å². The third-order valence-corrected chi connectivity index (χ3v) is 6.43. The Morgan fingerprint density at radius 2 is 1.91 bits per heavy atom. The number of fused-ring (bicyclic) bond motifs is 1. The van der Waals surface area contributed by atoms with Gasteiger partial charge in [0.1, 0.15) is 12.4 Å². The van der Waals surface area contributed by atoms with Crippen LogP contribution in [-0.2, 0) is 14.3 Å². The molecule has 0 spiro atoms. The summed E-state index contributed by atoms with van der Waals surface area (Å²) < 4.78 is 11.8. The number of carbonyl (C=O) groups excluding carboxylic acids is 3. The summed E-state index contributed by atoms with van der Waals surface area (Å²) in [5.74, 6) is 0.272. The van der Waals surface area contributed by atoms with Crippen molar-refractivity contribution in [2.75, 3.05) is 59.8 Å². The lowest BCUT2D eigenvalue weighted by Crippen LogP contribution is -2.50. The molecule has 1 aliphatic carbocycles. The van der Waals surface area contributed by atoms with Crippen molar-refractivity contribution < 1.29 is 23.9 Å². The molecule has 9 heteroatoms. The van der Waals surface area contributed by atoms with Gasteiger partial charge in [-0.05, 0) is 52.1 Å². The summed E-state index contributed by atoms with van der Waals surface area (Å²) in [5, 5.41) is 2.90. The van der Waals surface area contributed by atoms with Gasteiger partial charge < -0.3 is 29.5 Å². The zero-order valence-electron chi connectivity index (χ0n) is 21.2. The van der Waals surface area contributed by atoms with E-state index < -0.39 is 0 Å². The molecular weight excluding hydrogens is 436 g/mol. The first-order valence-electron chi connectivity index (χ1n) is 11.9. The molecule has 1 saturated carbocycles. The van der Waals surface area contributed by atoms with E-state index in [1.807, 2.05) is 37.7 Å². The fourth-order valence-electron chi connectivity index (χ4n) is 4.15. The summed E-state index contributed by atoms with van der Waals surface area (Å²) in [6, 6.07) is 4.93. The first kappa shape index (κ1) is 26.0. The van der Waals surface area contributed by atoms with Crippen LogP contribution >= 0.6 is 0 Å². The number of hydrogen-bond acceptors (Lipinski definition) is 6. The number of hydrogen-bond donors (Lipinski definition) is 1. The van der Waals surface area contributed by atoms with E-state index in [0.717, 1.165) is 12.8 Å². The van der Waals surface area contributed by atoms with Crippen molar-refractivity contribution in [1.29, 1.82) is 0 Å². The zero-order chi connectivity index (χ0) is 25.0. The van der Waals surface area contributed by atoms with Gasteiger partial charge in [0.05, 0.1) is 24.3 Å². The summed E-state index contributed by atoms with van der Waals surface area (Å²) in [7, 11) is 7.09. The van der Waals surface area contributed by atoms with Crippen LogP contribution in [-0.4, -0.2) is 99.1 Å². The van der Waals surface area contributed by atoms with Crippen LogP contribution in [0.3, 0.4) is 0 Å². The van der Waals surface area contributed by atoms with Crippen molar-refractivity contribution in [3.8, 4) is 5.75 Å². The minimum atomic E-state index is -0.252. The summed E-state index contributed by atoms with van der Waals surface area (Å²) in [4.78, 5) is 44.0. The van der Waals surface area contributed by atoms with E-state index in [-0.39, 0.29) is 48.3 Å². The van der Waals surface area contributed by atoms with Crippen molar-refractivity contribution in [2.24, 2.45) is 11.8 Å². The van der Waals surface area contributed by atoms with Crippen LogP contribution in [0.15, 0.2) is 18.2 Å². The maximum atomic E-state index is 13.4. The summed E-state index contributed by atoms with van der Waals surface area (Å²) in [6.07, 6.45) is 1.55. The minimum Gasteiger partial charge on any atom is -0.491 e. The van der Waals surface area contributed by atoms with Gasteiger partial charge in [0.2, 0.25) is 11.8 Å². The highest BCUT2D eigenvalue weighted by molar-refractivity contribution is 6.00. The van der Waals surface area contributed by atoms with E-state index >= 15 is 0 Å². The van der Waals surface area contributed by atoms with Crippen molar-refractivity contribution in [3.63, 3.8) is 0 Å². The maximum Gasteiger partial charge on any atom is 0.257 e. The Balaban J connectivity index is 1.92. The lowest BCUT2D eigenvalue weighted by atomic mass is 10.0.